The predicted octanol–water partition coefficient (Wildman–Crippen LogP) is 9.38. The maximum atomic E-state index is 12.6. The fourth-order valence-corrected chi connectivity index (χ4v) is 5.59. The van der Waals surface area contributed by atoms with E-state index in [0.29, 0.717) is 23.9 Å². The summed E-state index contributed by atoms with van der Waals surface area (Å²) in [5, 5.41) is 0. The number of phosphoric ester groups is 1. The molecule has 0 fully saturated rings. The summed E-state index contributed by atoms with van der Waals surface area (Å²) in [7, 11) is 1.15. The second-order valence-corrected chi connectivity index (χ2v) is 15.3. The van der Waals surface area contributed by atoms with E-state index in [4.69, 9.17) is 18.5 Å². The molecule has 0 saturated heterocycles. The third-order valence-electron chi connectivity index (χ3n) is 7.94. The number of quaternary nitrogens is 1. The summed E-state index contributed by atoms with van der Waals surface area (Å²) in [6.07, 6.45) is 30.6. The van der Waals surface area contributed by atoms with Crippen molar-refractivity contribution in [2.24, 2.45) is 0 Å². The predicted molar refractivity (Wildman–Crippen MR) is 194 cm³/mol. The van der Waals surface area contributed by atoms with Gasteiger partial charge in [-0.05, 0) is 57.8 Å². The molecule has 0 N–H and O–H groups in total. The third kappa shape index (κ3) is 34.4. The topological polar surface area (TPSA) is 111 Å². The first kappa shape index (κ1) is 46.5. The molecule has 0 aromatic heterocycles. The number of hydrogen-bond acceptors (Lipinski definition) is 8. The Morgan fingerprint density at radius 1 is 0.625 bits per heavy atom. The number of carbonyl (C=O) groups is 2. The molecule has 0 aliphatic rings. The van der Waals surface area contributed by atoms with Crippen molar-refractivity contribution < 1.29 is 42.1 Å². The van der Waals surface area contributed by atoms with Crippen LogP contribution in [0.3, 0.4) is 0 Å². The Morgan fingerprint density at radius 3 is 1.62 bits per heavy atom. The van der Waals surface area contributed by atoms with Gasteiger partial charge in [0.15, 0.2) is 6.10 Å². The lowest BCUT2D eigenvalue weighted by Crippen LogP contribution is -2.37. The smallest absolute Gasteiger partial charge is 0.306 e. The fourth-order valence-electron chi connectivity index (χ4n) is 4.86. The Bertz CT molecular complexity index is 886. The number of unbranched alkanes of at least 4 members (excludes halogenated alkanes) is 16. The van der Waals surface area contributed by atoms with Gasteiger partial charge in [-0.3, -0.25) is 14.2 Å². The van der Waals surface area contributed by atoms with E-state index in [9.17, 15) is 19.0 Å². The van der Waals surface area contributed by atoms with Crippen LogP contribution in [0.2, 0.25) is 0 Å². The standard InChI is InChI=1S/C38H72NO8P/c1-6-8-10-12-14-16-18-19-21-22-24-26-28-30-37(40)44-34-36(35-46-48(42,43)45-33-32-39(3,4)5)47-38(41)31-29-27-25-23-20-17-15-13-11-9-7-2/h13,15,19,21,36H,6-12,14,16-18,20,22-35H2,1-5H3/b15-13+,21-19+/t36-/m1/s1. The minimum absolute atomic E-state index is 0.0339. The Labute approximate surface area is 294 Å². The van der Waals surface area contributed by atoms with E-state index in [1.165, 1.54) is 51.4 Å². The highest BCUT2D eigenvalue weighted by atomic mass is 31.2. The molecular formula is C38H72NO8P. The quantitative estimate of drug-likeness (QED) is 0.0215. The van der Waals surface area contributed by atoms with Crippen LogP contribution in [0, 0.1) is 0 Å². The summed E-state index contributed by atoms with van der Waals surface area (Å²) in [5.41, 5.74) is 0. The molecule has 0 saturated carbocycles. The Balaban J connectivity index is 4.48. The number of carbonyl (C=O) groups excluding carboxylic acids is 2. The molecule has 0 aromatic rings. The van der Waals surface area contributed by atoms with E-state index in [1.54, 1.807) is 0 Å². The summed E-state index contributed by atoms with van der Waals surface area (Å²) >= 11 is 0. The van der Waals surface area contributed by atoms with Crippen molar-refractivity contribution in [3.8, 4) is 0 Å². The van der Waals surface area contributed by atoms with E-state index in [0.717, 1.165) is 64.2 Å². The molecule has 9 nitrogen and oxygen atoms in total. The zero-order chi connectivity index (χ0) is 35.8. The lowest BCUT2D eigenvalue weighted by Gasteiger charge is -2.28. The summed E-state index contributed by atoms with van der Waals surface area (Å²) in [6, 6.07) is 0. The molecule has 0 amide bonds. The highest BCUT2D eigenvalue weighted by molar-refractivity contribution is 7.45. The van der Waals surface area contributed by atoms with Crippen molar-refractivity contribution in [3.05, 3.63) is 24.3 Å². The van der Waals surface area contributed by atoms with Gasteiger partial charge in [0.25, 0.3) is 7.82 Å². The number of likely N-dealkylation sites (N-methyl/N-ethyl adjacent to an activating group) is 1. The highest BCUT2D eigenvalue weighted by Crippen LogP contribution is 2.38. The number of allylic oxidation sites excluding steroid dienone is 4. The summed E-state index contributed by atoms with van der Waals surface area (Å²) in [4.78, 5) is 37.3. The highest BCUT2D eigenvalue weighted by Gasteiger charge is 2.21. The van der Waals surface area contributed by atoms with Gasteiger partial charge in [0, 0.05) is 12.8 Å². The largest absolute Gasteiger partial charge is 0.756 e. The molecule has 0 rings (SSSR count). The van der Waals surface area contributed by atoms with Crippen LogP contribution in [0.15, 0.2) is 24.3 Å². The van der Waals surface area contributed by atoms with Gasteiger partial charge >= 0.3 is 11.9 Å². The van der Waals surface area contributed by atoms with Crippen LogP contribution in [0.1, 0.15) is 155 Å². The molecule has 0 aromatic carbocycles. The minimum atomic E-state index is -4.62. The zero-order valence-corrected chi connectivity index (χ0v) is 32.3. The first-order valence-corrected chi connectivity index (χ1v) is 20.5. The van der Waals surface area contributed by atoms with E-state index in [1.807, 2.05) is 21.1 Å². The maximum absolute atomic E-state index is 12.6. The minimum Gasteiger partial charge on any atom is -0.756 e. The molecule has 0 radical (unpaired) electrons. The van der Waals surface area contributed by atoms with E-state index >= 15 is 0 Å². The molecule has 282 valence electrons. The Morgan fingerprint density at radius 2 is 1.08 bits per heavy atom. The van der Waals surface area contributed by atoms with Crippen LogP contribution >= 0.6 is 7.82 Å². The van der Waals surface area contributed by atoms with Gasteiger partial charge in [0.2, 0.25) is 0 Å². The lowest BCUT2D eigenvalue weighted by atomic mass is 10.1. The molecular weight excluding hydrogens is 629 g/mol. The summed E-state index contributed by atoms with van der Waals surface area (Å²) in [6.45, 7) is 4.13. The normalized spacial score (nSPS) is 14.0. The van der Waals surface area contributed by atoms with Gasteiger partial charge in [-0.1, -0.05) is 109 Å². The third-order valence-corrected chi connectivity index (χ3v) is 8.91. The van der Waals surface area contributed by atoms with E-state index in [-0.39, 0.29) is 26.1 Å². The van der Waals surface area contributed by atoms with Crippen molar-refractivity contribution in [2.45, 2.75) is 161 Å². The molecule has 2 atom stereocenters. The van der Waals surface area contributed by atoms with Crippen molar-refractivity contribution in [2.75, 3.05) is 47.5 Å². The molecule has 0 bridgehead atoms. The molecule has 0 heterocycles. The first-order valence-electron chi connectivity index (χ1n) is 19.0. The second-order valence-electron chi connectivity index (χ2n) is 13.9. The van der Waals surface area contributed by atoms with Gasteiger partial charge in [-0.2, -0.15) is 0 Å². The van der Waals surface area contributed by atoms with Gasteiger partial charge in [0.1, 0.15) is 19.8 Å². The number of nitrogens with zero attached hydrogens (tertiary/aromatic N) is 1. The van der Waals surface area contributed by atoms with Gasteiger partial charge in [-0.15, -0.1) is 0 Å². The number of rotatable bonds is 34. The number of ether oxygens (including phenoxy) is 2. The van der Waals surface area contributed by atoms with Crippen molar-refractivity contribution in [1.29, 1.82) is 0 Å². The van der Waals surface area contributed by atoms with Gasteiger partial charge < -0.3 is 27.9 Å². The first-order chi connectivity index (χ1) is 23.0. The SMILES string of the molecule is CCCC/C=C/CCCCCCCC(=O)O[C@H](COC(=O)CCCCC/C=C/CCCCCCCC)COP(=O)([O-])OCC[N+](C)(C)C. The molecule has 48 heavy (non-hydrogen) atoms. The van der Waals surface area contributed by atoms with E-state index in [2.05, 4.69) is 38.2 Å². The molecule has 1 unspecified atom stereocenters. The van der Waals surface area contributed by atoms with Crippen molar-refractivity contribution in [3.63, 3.8) is 0 Å². The fraction of sp³-hybridized carbons (Fsp3) is 0.842. The van der Waals surface area contributed by atoms with Crippen LogP contribution in [0.25, 0.3) is 0 Å². The van der Waals surface area contributed by atoms with Crippen LogP contribution in [-0.2, 0) is 32.7 Å². The molecule has 0 spiro atoms. The molecule has 0 aliphatic heterocycles. The number of esters is 2. The monoisotopic (exact) mass is 701 g/mol. The average Bonchev–Trinajstić information content (AvgIpc) is 3.02. The van der Waals surface area contributed by atoms with Crippen LogP contribution in [0.5, 0.6) is 0 Å². The molecule has 0 aliphatic carbocycles. The van der Waals surface area contributed by atoms with Crippen molar-refractivity contribution >= 4 is 19.8 Å². The van der Waals surface area contributed by atoms with E-state index < -0.39 is 32.5 Å². The zero-order valence-electron chi connectivity index (χ0n) is 31.4. The maximum Gasteiger partial charge on any atom is 0.306 e. The Hall–Kier alpha value is -1.51. The number of phosphoric acid groups is 1. The van der Waals surface area contributed by atoms with Crippen LogP contribution in [-0.4, -0.2) is 70.0 Å². The summed E-state index contributed by atoms with van der Waals surface area (Å²) < 4.78 is 33.7. The Kier molecular flexibility index (Phi) is 30.5. The van der Waals surface area contributed by atoms with Gasteiger partial charge in [0.05, 0.1) is 27.7 Å². The van der Waals surface area contributed by atoms with Crippen LogP contribution < -0.4 is 4.89 Å². The lowest BCUT2D eigenvalue weighted by molar-refractivity contribution is -0.870. The average molecular weight is 702 g/mol. The number of hydrogen-bond donors (Lipinski definition) is 0. The summed E-state index contributed by atoms with van der Waals surface area (Å²) in [5.74, 6) is -0.867. The molecule has 10 heteroatoms. The van der Waals surface area contributed by atoms with Gasteiger partial charge in [-0.25, -0.2) is 0 Å². The van der Waals surface area contributed by atoms with Crippen LogP contribution in [0.4, 0.5) is 0 Å². The second kappa shape index (κ2) is 31.5. The van der Waals surface area contributed by atoms with Crippen molar-refractivity contribution in [1.82, 2.24) is 0 Å².